The molecule has 2 rings (SSSR count). The minimum Gasteiger partial charge on any atom is -0.377 e. The van der Waals surface area contributed by atoms with Crippen molar-refractivity contribution < 1.29 is 4.74 Å². The molecule has 1 aliphatic heterocycles. The van der Waals surface area contributed by atoms with Gasteiger partial charge in [0, 0.05) is 15.7 Å². The average Bonchev–Trinajstić information content (AvgIpc) is 2.51. The molecule has 0 radical (unpaired) electrons. The number of nitrogens with two attached hydrogens (primary N) is 1. The smallest absolute Gasteiger partial charge is 0.0730 e. The highest BCUT2D eigenvalue weighted by Gasteiger charge is 2.37. The molecule has 0 saturated carbocycles. The average molecular weight is 317 g/mol. The van der Waals surface area contributed by atoms with E-state index in [4.69, 9.17) is 10.5 Å². The lowest BCUT2D eigenvalue weighted by Gasteiger charge is -2.27. The summed E-state index contributed by atoms with van der Waals surface area (Å²) in [6.45, 7) is 2.86. The summed E-state index contributed by atoms with van der Waals surface area (Å²) in [7, 11) is 0. The van der Waals surface area contributed by atoms with E-state index >= 15 is 0 Å². The first-order chi connectivity index (χ1) is 7.10. The zero-order valence-electron chi connectivity index (χ0n) is 8.87. The number of benzene rings is 1. The number of rotatable bonds is 2. The van der Waals surface area contributed by atoms with Crippen molar-refractivity contribution in [3.8, 4) is 0 Å². The van der Waals surface area contributed by atoms with Crippen molar-refractivity contribution in [1.29, 1.82) is 0 Å². The number of hydrogen-bond donors (Lipinski definition) is 1. The number of ether oxygens (including phenoxy) is 1. The summed E-state index contributed by atoms with van der Waals surface area (Å²) in [5.74, 6) is 0. The van der Waals surface area contributed by atoms with Gasteiger partial charge in [0.05, 0.1) is 6.10 Å². The zero-order valence-corrected chi connectivity index (χ0v) is 11.0. The molecule has 1 saturated heterocycles. The second kappa shape index (κ2) is 4.39. The molecule has 2 N–H and O–H groups in total. The second-order valence-corrected chi connectivity index (χ2v) is 5.55. The van der Waals surface area contributed by atoms with E-state index < -0.39 is 0 Å². The molecule has 2 nitrogen and oxygen atoms in total. The first kappa shape index (κ1) is 11.4. The van der Waals surface area contributed by atoms with E-state index in [9.17, 15) is 0 Å². The van der Waals surface area contributed by atoms with Crippen LogP contribution in [0.3, 0.4) is 0 Å². The molecule has 1 heterocycles. The Balaban J connectivity index is 2.11. The molecule has 15 heavy (non-hydrogen) atoms. The fourth-order valence-corrected chi connectivity index (χ4v) is 2.37. The Bertz CT molecular complexity index is 338. The van der Waals surface area contributed by atoms with Crippen molar-refractivity contribution in [2.75, 3.05) is 6.61 Å². The van der Waals surface area contributed by atoms with Gasteiger partial charge in [-0.05, 0) is 60.1 Å². The van der Waals surface area contributed by atoms with Crippen molar-refractivity contribution in [1.82, 2.24) is 0 Å². The molecule has 82 valence electrons. The highest BCUT2D eigenvalue weighted by atomic mass is 127. The Labute approximate surface area is 104 Å². The molecular weight excluding hydrogens is 301 g/mol. The summed E-state index contributed by atoms with van der Waals surface area (Å²) < 4.78 is 6.80. The quantitative estimate of drug-likeness (QED) is 0.850. The summed E-state index contributed by atoms with van der Waals surface area (Å²) in [5, 5.41) is 0. The Morgan fingerprint density at radius 3 is 2.67 bits per heavy atom. The summed E-state index contributed by atoms with van der Waals surface area (Å²) in [5.41, 5.74) is 7.47. The highest BCUT2D eigenvalue weighted by Crippen LogP contribution is 2.27. The van der Waals surface area contributed by atoms with E-state index in [0.29, 0.717) is 0 Å². The predicted molar refractivity (Wildman–Crippen MR) is 69.8 cm³/mol. The van der Waals surface area contributed by atoms with E-state index in [0.717, 1.165) is 19.4 Å². The maximum absolute atomic E-state index is 6.35. The van der Waals surface area contributed by atoms with Crippen LogP contribution in [0.15, 0.2) is 24.3 Å². The lowest BCUT2D eigenvalue weighted by molar-refractivity contribution is 0.0955. The normalized spacial score (nSPS) is 30.7. The molecule has 0 aliphatic carbocycles. The van der Waals surface area contributed by atoms with Crippen LogP contribution in [-0.2, 0) is 11.2 Å². The van der Waals surface area contributed by atoms with Crippen LogP contribution in [0.2, 0.25) is 0 Å². The highest BCUT2D eigenvalue weighted by molar-refractivity contribution is 14.1. The third kappa shape index (κ3) is 2.52. The van der Waals surface area contributed by atoms with E-state index in [1.807, 2.05) is 0 Å². The van der Waals surface area contributed by atoms with Crippen LogP contribution in [0.25, 0.3) is 0 Å². The van der Waals surface area contributed by atoms with E-state index in [1.165, 1.54) is 9.13 Å². The van der Waals surface area contributed by atoms with Crippen LogP contribution < -0.4 is 5.73 Å². The molecular formula is C12H16INO. The lowest BCUT2D eigenvalue weighted by Crippen LogP contribution is -2.47. The van der Waals surface area contributed by atoms with Gasteiger partial charge in [-0.2, -0.15) is 0 Å². The molecule has 1 aromatic carbocycles. The van der Waals surface area contributed by atoms with Crippen molar-refractivity contribution >= 4 is 22.6 Å². The summed E-state index contributed by atoms with van der Waals surface area (Å²) in [6.07, 6.45) is 2.03. The third-order valence-corrected chi connectivity index (χ3v) is 3.91. The van der Waals surface area contributed by atoms with Gasteiger partial charge in [0.1, 0.15) is 0 Å². The molecule has 0 bridgehead atoms. The van der Waals surface area contributed by atoms with Crippen LogP contribution in [-0.4, -0.2) is 18.2 Å². The van der Waals surface area contributed by atoms with Crippen molar-refractivity contribution in [2.45, 2.75) is 31.4 Å². The molecule has 1 fully saturated rings. The summed E-state index contributed by atoms with van der Waals surface area (Å²) in [6, 6.07) is 8.56. The third-order valence-electron chi connectivity index (χ3n) is 3.19. The fraction of sp³-hybridized carbons (Fsp3) is 0.500. The minimum absolute atomic E-state index is 0.164. The van der Waals surface area contributed by atoms with Gasteiger partial charge >= 0.3 is 0 Å². The predicted octanol–water partition coefficient (Wildman–Crippen LogP) is 2.34. The van der Waals surface area contributed by atoms with Crippen molar-refractivity contribution in [3.63, 3.8) is 0 Å². The summed E-state index contributed by atoms with van der Waals surface area (Å²) in [4.78, 5) is 0. The first-order valence-corrected chi connectivity index (χ1v) is 6.33. The topological polar surface area (TPSA) is 35.2 Å². The van der Waals surface area contributed by atoms with Crippen LogP contribution in [0.5, 0.6) is 0 Å². The monoisotopic (exact) mass is 317 g/mol. The first-order valence-electron chi connectivity index (χ1n) is 5.25. The molecule has 2 atom stereocenters. The lowest BCUT2D eigenvalue weighted by atomic mass is 9.86. The van der Waals surface area contributed by atoms with Gasteiger partial charge in [0.25, 0.3) is 0 Å². The van der Waals surface area contributed by atoms with Gasteiger partial charge in [-0.1, -0.05) is 12.1 Å². The molecule has 0 amide bonds. The Morgan fingerprint density at radius 2 is 2.13 bits per heavy atom. The van der Waals surface area contributed by atoms with Crippen LogP contribution in [0.1, 0.15) is 18.9 Å². The van der Waals surface area contributed by atoms with Gasteiger partial charge in [0.15, 0.2) is 0 Å². The number of halogens is 1. The Kier molecular flexibility index (Phi) is 3.33. The van der Waals surface area contributed by atoms with Gasteiger partial charge in [-0.15, -0.1) is 0 Å². The zero-order chi connectivity index (χ0) is 10.9. The second-order valence-electron chi connectivity index (χ2n) is 4.30. The minimum atomic E-state index is -0.174. The van der Waals surface area contributed by atoms with Crippen LogP contribution in [0.4, 0.5) is 0 Å². The molecule has 3 heteroatoms. The van der Waals surface area contributed by atoms with Gasteiger partial charge in [0.2, 0.25) is 0 Å². The molecule has 1 aromatic rings. The fourth-order valence-electron chi connectivity index (χ4n) is 2.01. The largest absolute Gasteiger partial charge is 0.377 e. The van der Waals surface area contributed by atoms with E-state index in [1.54, 1.807) is 0 Å². The van der Waals surface area contributed by atoms with Gasteiger partial charge in [-0.25, -0.2) is 0 Å². The maximum atomic E-state index is 6.35. The standard InChI is InChI=1S/C12H16INO/c1-9-12(14,6-7-15-9)8-10-2-4-11(13)5-3-10/h2-5,9H,6-8,14H2,1H3. The van der Waals surface area contributed by atoms with Crippen molar-refractivity contribution in [3.05, 3.63) is 33.4 Å². The van der Waals surface area contributed by atoms with Crippen LogP contribution >= 0.6 is 22.6 Å². The summed E-state index contributed by atoms with van der Waals surface area (Å²) >= 11 is 2.31. The Hall–Kier alpha value is -0.130. The Morgan fingerprint density at radius 1 is 1.47 bits per heavy atom. The maximum Gasteiger partial charge on any atom is 0.0730 e. The molecule has 1 aliphatic rings. The SMILES string of the molecule is CC1OCCC1(N)Cc1ccc(I)cc1. The van der Waals surface area contributed by atoms with Gasteiger partial charge < -0.3 is 10.5 Å². The molecule has 2 unspecified atom stereocenters. The molecule has 0 aromatic heterocycles. The van der Waals surface area contributed by atoms with E-state index in [2.05, 4.69) is 53.8 Å². The molecule has 0 spiro atoms. The van der Waals surface area contributed by atoms with Gasteiger partial charge in [-0.3, -0.25) is 0 Å². The number of hydrogen-bond acceptors (Lipinski definition) is 2. The van der Waals surface area contributed by atoms with E-state index in [-0.39, 0.29) is 11.6 Å². The van der Waals surface area contributed by atoms with Crippen molar-refractivity contribution in [2.24, 2.45) is 5.73 Å². The van der Waals surface area contributed by atoms with Crippen LogP contribution in [0, 0.1) is 3.57 Å².